The summed E-state index contributed by atoms with van der Waals surface area (Å²) in [6, 6.07) is 10.5. The van der Waals surface area contributed by atoms with Gasteiger partial charge in [-0.2, -0.15) is 0 Å². The minimum Gasteiger partial charge on any atom is -0.444 e. The molecule has 0 spiro atoms. The van der Waals surface area contributed by atoms with Crippen LogP contribution in [0.5, 0.6) is 0 Å². The number of piperazine rings is 1. The molecule has 0 bridgehead atoms. The second-order valence-electron chi connectivity index (χ2n) is 13.9. The van der Waals surface area contributed by atoms with Crippen molar-refractivity contribution in [2.45, 2.75) is 78.6 Å². The van der Waals surface area contributed by atoms with E-state index in [2.05, 4.69) is 86.0 Å². The normalized spacial score (nSPS) is 16.7. The van der Waals surface area contributed by atoms with Gasteiger partial charge in [-0.15, -0.1) is 5.54 Å². The fraction of sp³-hybridized carbons (Fsp3) is 0.471. The molecule has 0 atom stereocenters. The highest BCUT2D eigenvalue weighted by atomic mass is 28.3. The zero-order chi connectivity index (χ0) is 29.9. The lowest BCUT2D eigenvalue weighted by molar-refractivity contribution is 0.0240. The van der Waals surface area contributed by atoms with Gasteiger partial charge < -0.3 is 19.5 Å². The smallest absolute Gasteiger partial charge is 0.410 e. The molecular weight excluding hydrogens is 526 g/mol. The van der Waals surface area contributed by atoms with Gasteiger partial charge in [0.15, 0.2) is 5.78 Å². The number of anilines is 1. The molecule has 1 fully saturated rings. The van der Waals surface area contributed by atoms with Gasteiger partial charge in [-0.25, -0.2) is 4.79 Å². The lowest BCUT2D eigenvalue weighted by Gasteiger charge is -2.39. The molecule has 3 aromatic rings. The second-order valence-corrected chi connectivity index (χ2v) is 18.7. The number of nitrogens with zero attached hydrogens (tertiary/aromatic N) is 2. The third-order valence-corrected chi connectivity index (χ3v) is 8.90. The molecule has 0 saturated carbocycles. The van der Waals surface area contributed by atoms with E-state index in [1.165, 1.54) is 0 Å². The molecule has 0 unspecified atom stereocenters. The van der Waals surface area contributed by atoms with Gasteiger partial charge in [-0.05, 0) is 62.6 Å². The highest BCUT2D eigenvalue weighted by Crippen LogP contribution is 2.45. The van der Waals surface area contributed by atoms with E-state index < -0.39 is 13.7 Å². The highest BCUT2D eigenvalue weighted by Gasteiger charge is 2.40. The Kier molecular flexibility index (Phi) is 7.14. The molecule has 6 nitrogen and oxygen atoms in total. The summed E-state index contributed by atoms with van der Waals surface area (Å²) >= 11 is 0. The first-order chi connectivity index (χ1) is 19.1. The van der Waals surface area contributed by atoms with E-state index >= 15 is 0 Å². The number of aromatic nitrogens is 1. The molecule has 1 aliphatic heterocycles. The third-order valence-electron chi connectivity index (χ3n) is 8.02. The number of ketones is 1. The molecule has 1 N–H and O–H groups in total. The van der Waals surface area contributed by atoms with E-state index in [1.54, 1.807) is 4.90 Å². The quantitative estimate of drug-likeness (QED) is 0.270. The summed E-state index contributed by atoms with van der Waals surface area (Å²) in [7, 11) is -1.50. The number of aromatic amines is 1. The van der Waals surface area contributed by atoms with Crippen molar-refractivity contribution in [1.82, 2.24) is 9.88 Å². The average molecular weight is 570 g/mol. The number of ether oxygens (including phenoxy) is 1. The van der Waals surface area contributed by atoms with E-state index in [0.717, 1.165) is 69.6 Å². The first-order valence-corrected chi connectivity index (χ1v) is 18.2. The van der Waals surface area contributed by atoms with Crippen LogP contribution in [0, 0.1) is 11.5 Å². The largest absolute Gasteiger partial charge is 0.444 e. The number of amides is 1. The molecule has 1 saturated heterocycles. The summed E-state index contributed by atoms with van der Waals surface area (Å²) in [5, 5.41) is 0.961. The zero-order valence-corrected chi connectivity index (χ0v) is 27.0. The Morgan fingerprint density at radius 2 is 1.76 bits per heavy atom. The van der Waals surface area contributed by atoms with Crippen molar-refractivity contribution >= 4 is 36.5 Å². The molecule has 2 aromatic carbocycles. The van der Waals surface area contributed by atoms with E-state index in [0.29, 0.717) is 13.1 Å². The van der Waals surface area contributed by atoms with Crippen LogP contribution in [0.15, 0.2) is 30.3 Å². The lowest BCUT2D eigenvalue weighted by atomic mass is 9.70. The van der Waals surface area contributed by atoms with Gasteiger partial charge in [0.25, 0.3) is 0 Å². The fourth-order valence-corrected chi connectivity index (χ4v) is 6.40. The average Bonchev–Trinajstić information content (AvgIpc) is 3.29. The van der Waals surface area contributed by atoms with Crippen LogP contribution < -0.4 is 4.90 Å². The van der Waals surface area contributed by atoms with Gasteiger partial charge in [0.1, 0.15) is 13.7 Å². The molecule has 7 heteroatoms. The summed E-state index contributed by atoms with van der Waals surface area (Å²) in [4.78, 5) is 34.5. The van der Waals surface area contributed by atoms with Crippen LogP contribution in [0.2, 0.25) is 19.6 Å². The number of carbonyl (C=O) groups excluding carboxylic acids is 2. The summed E-state index contributed by atoms with van der Waals surface area (Å²) in [5.41, 5.74) is 10.4. The van der Waals surface area contributed by atoms with Crippen molar-refractivity contribution in [3.8, 4) is 11.5 Å². The summed E-state index contributed by atoms with van der Waals surface area (Å²) in [5.74, 6) is 3.44. The molecule has 1 amide bonds. The van der Waals surface area contributed by atoms with E-state index in [4.69, 9.17) is 4.74 Å². The molecule has 0 radical (unpaired) electrons. The Morgan fingerprint density at radius 1 is 1.07 bits per heavy atom. The molecule has 41 heavy (non-hydrogen) atoms. The van der Waals surface area contributed by atoms with Crippen molar-refractivity contribution in [1.29, 1.82) is 0 Å². The van der Waals surface area contributed by atoms with Crippen LogP contribution in [0.4, 0.5) is 10.5 Å². The van der Waals surface area contributed by atoms with Crippen LogP contribution in [0.3, 0.4) is 0 Å². The minimum absolute atomic E-state index is 0.0810. The van der Waals surface area contributed by atoms with Gasteiger partial charge in [0.2, 0.25) is 0 Å². The van der Waals surface area contributed by atoms with Gasteiger partial charge in [-0.3, -0.25) is 4.79 Å². The molecule has 216 valence electrons. The Bertz CT molecular complexity index is 1600. The minimum atomic E-state index is -1.50. The fourth-order valence-electron chi connectivity index (χ4n) is 5.88. The number of nitrogens with one attached hydrogen (secondary N) is 1. The number of carbonyl (C=O) groups is 2. The number of rotatable bonds is 2. The number of fused-ring (bicyclic) bond motifs is 4. The maximum absolute atomic E-state index is 14.1. The van der Waals surface area contributed by atoms with Gasteiger partial charge in [-0.1, -0.05) is 52.4 Å². The molecule has 5 rings (SSSR count). The van der Waals surface area contributed by atoms with Crippen molar-refractivity contribution in [2.24, 2.45) is 0 Å². The van der Waals surface area contributed by atoms with Crippen LogP contribution in [-0.2, 0) is 16.6 Å². The van der Waals surface area contributed by atoms with Gasteiger partial charge >= 0.3 is 6.09 Å². The topological polar surface area (TPSA) is 65.6 Å². The number of aryl methyl sites for hydroxylation is 1. The molecule has 1 aromatic heterocycles. The van der Waals surface area contributed by atoms with E-state index in [9.17, 15) is 9.59 Å². The predicted molar refractivity (Wildman–Crippen MR) is 170 cm³/mol. The maximum atomic E-state index is 14.1. The van der Waals surface area contributed by atoms with Crippen LogP contribution in [0.1, 0.15) is 79.8 Å². The van der Waals surface area contributed by atoms with Crippen molar-refractivity contribution in [2.75, 3.05) is 31.1 Å². The Labute approximate surface area is 245 Å². The Morgan fingerprint density at radius 3 is 2.37 bits per heavy atom. The van der Waals surface area contributed by atoms with Crippen molar-refractivity contribution in [3.63, 3.8) is 0 Å². The standard InChI is InChI=1S/C34H43N3O3Si/c1-10-23-20-25-26(21-28(23)36-14-16-37(17-15-36)32(39)40-33(2,3)4)34(5,6)31-29(30(25)38)24-12-11-22(19-27(24)35-31)13-18-41(7,8)9/h11-12,19-21,35H,10,14-17H2,1-9H3. The second kappa shape index (κ2) is 10.1. The van der Waals surface area contributed by atoms with Gasteiger partial charge in [0.05, 0.1) is 5.56 Å². The number of hydrogen-bond acceptors (Lipinski definition) is 4. The van der Waals surface area contributed by atoms with E-state index in [-0.39, 0.29) is 17.3 Å². The first kappa shape index (κ1) is 29.0. The Balaban J connectivity index is 1.50. The highest BCUT2D eigenvalue weighted by molar-refractivity contribution is 6.83. The maximum Gasteiger partial charge on any atom is 0.410 e. The zero-order valence-electron chi connectivity index (χ0n) is 26.0. The molecule has 2 aliphatic rings. The predicted octanol–water partition coefficient (Wildman–Crippen LogP) is 6.89. The van der Waals surface area contributed by atoms with Crippen molar-refractivity contribution in [3.05, 3.63) is 63.8 Å². The Hall–Kier alpha value is -3.50. The van der Waals surface area contributed by atoms with Crippen molar-refractivity contribution < 1.29 is 14.3 Å². The summed E-state index contributed by atoms with van der Waals surface area (Å²) in [6.45, 7) is 21.6. The summed E-state index contributed by atoms with van der Waals surface area (Å²) in [6.07, 6.45) is 0.564. The number of benzene rings is 2. The van der Waals surface area contributed by atoms with E-state index in [1.807, 2.05) is 26.8 Å². The monoisotopic (exact) mass is 569 g/mol. The first-order valence-electron chi connectivity index (χ1n) is 14.7. The van der Waals surface area contributed by atoms with Crippen LogP contribution in [0.25, 0.3) is 10.9 Å². The molecule has 2 heterocycles. The number of H-pyrrole nitrogens is 1. The molecule has 1 aliphatic carbocycles. The van der Waals surface area contributed by atoms with Crippen LogP contribution in [-0.4, -0.2) is 61.6 Å². The molecular formula is C34H43N3O3Si. The number of hydrogen-bond donors (Lipinski definition) is 1. The van der Waals surface area contributed by atoms with Gasteiger partial charge in [0, 0.05) is 65.0 Å². The summed E-state index contributed by atoms with van der Waals surface area (Å²) < 4.78 is 5.59. The van der Waals surface area contributed by atoms with Crippen LogP contribution >= 0.6 is 0 Å². The lowest BCUT2D eigenvalue weighted by Crippen LogP contribution is -2.50. The SMILES string of the molecule is CCc1cc2c(cc1N1CCN(C(=O)OC(C)(C)C)CC1)C(C)(C)c1[nH]c3cc(C#C[Si](C)(C)C)ccc3c1C2=O. The third kappa shape index (κ3) is 5.55.